The molecule has 0 fully saturated rings. The maximum Gasteiger partial charge on any atom is 0.350 e. The number of hydrogen-bond acceptors (Lipinski definition) is 4. The minimum atomic E-state index is -0.332. The van der Waals surface area contributed by atoms with Crippen molar-refractivity contribution >= 4 is 45.6 Å². The minimum Gasteiger partial charge on any atom is -0.462 e. The zero-order chi connectivity index (χ0) is 14.7. The number of anilines is 1. The molecule has 1 aromatic heterocycles. The van der Waals surface area contributed by atoms with E-state index in [1.54, 1.807) is 6.92 Å². The fraction of sp³-hybridized carbons (Fsp3) is 0.267. The Morgan fingerprint density at radius 2 is 2.15 bits per heavy atom. The summed E-state index contributed by atoms with van der Waals surface area (Å²) in [6.07, 6.45) is 0.794. The number of benzene rings is 1. The second kappa shape index (κ2) is 6.58. The fourth-order valence-electron chi connectivity index (χ4n) is 2.04. The molecule has 106 valence electrons. The summed E-state index contributed by atoms with van der Waals surface area (Å²) in [5.41, 5.74) is 8.81. The largest absolute Gasteiger partial charge is 0.462 e. The smallest absolute Gasteiger partial charge is 0.350 e. The molecule has 2 rings (SSSR count). The van der Waals surface area contributed by atoms with Gasteiger partial charge in [-0.1, -0.05) is 19.1 Å². The van der Waals surface area contributed by atoms with Crippen molar-refractivity contribution in [3.63, 3.8) is 0 Å². The van der Waals surface area contributed by atoms with Crippen LogP contribution in [0.2, 0.25) is 0 Å². The first-order valence-corrected chi connectivity index (χ1v) is 8.32. The van der Waals surface area contributed by atoms with Gasteiger partial charge in [0.25, 0.3) is 0 Å². The summed E-state index contributed by atoms with van der Waals surface area (Å²) in [6.45, 7) is 4.20. The summed E-state index contributed by atoms with van der Waals surface area (Å²) in [5.74, 6) is -0.332. The van der Waals surface area contributed by atoms with Crippen molar-refractivity contribution in [1.29, 1.82) is 0 Å². The third-order valence-electron chi connectivity index (χ3n) is 2.95. The number of carbonyl (C=O) groups is 1. The van der Waals surface area contributed by atoms with Gasteiger partial charge in [0.1, 0.15) is 4.88 Å². The van der Waals surface area contributed by atoms with Crippen molar-refractivity contribution in [2.24, 2.45) is 0 Å². The van der Waals surface area contributed by atoms with Crippen LogP contribution in [-0.2, 0) is 11.2 Å². The van der Waals surface area contributed by atoms with Crippen molar-refractivity contribution in [3.05, 3.63) is 38.3 Å². The van der Waals surface area contributed by atoms with Crippen LogP contribution >= 0.6 is 33.9 Å². The average Bonchev–Trinajstić information content (AvgIpc) is 2.76. The quantitative estimate of drug-likeness (QED) is 0.613. The van der Waals surface area contributed by atoms with Crippen LogP contribution in [0.5, 0.6) is 0 Å². The molecule has 0 unspecified atom stereocenters. The van der Waals surface area contributed by atoms with E-state index in [2.05, 4.69) is 28.7 Å². The van der Waals surface area contributed by atoms with Gasteiger partial charge >= 0.3 is 5.97 Å². The van der Waals surface area contributed by atoms with E-state index >= 15 is 0 Å². The molecule has 1 heterocycles. The fourth-order valence-corrected chi connectivity index (χ4v) is 3.79. The molecule has 2 N–H and O–H groups in total. The van der Waals surface area contributed by atoms with Crippen LogP contribution in [0, 0.1) is 3.57 Å². The van der Waals surface area contributed by atoms with Crippen molar-refractivity contribution in [1.82, 2.24) is 0 Å². The van der Waals surface area contributed by atoms with Gasteiger partial charge in [0.15, 0.2) is 0 Å². The van der Waals surface area contributed by atoms with Gasteiger partial charge in [-0.25, -0.2) is 4.79 Å². The highest BCUT2D eigenvalue weighted by molar-refractivity contribution is 14.1. The number of halogens is 1. The molecule has 0 atom stereocenters. The Kier molecular flexibility index (Phi) is 5.04. The predicted octanol–water partition coefficient (Wildman–Crippen LogP) is 4.34. The number of carbonyl (C=O) groups excluding carboxylic acids is 1. The van der Waals surface area contributed by atoms with Crippen LogP contribution < -0.4 is 5.73 Å². The van der Waals surface area contributed by atoms with E-state index in [9.17, 15) is 4.79 Å². The first-order valence-electron chi connectivity index (χ1n) is 6.42. The number of ether oxygens (including phenoxy) is 1. The van der Waals surface area contributed by atoms with Crippen LogP contribution in [0.4, 0.5) is 5.69 Å². The Hall–Kier alpha value is -1.08. The van der Waals surface area contributed by atoms with E-state index in [1.807, 2.05) is 25.1 Å². The van der Waals surface area contributed by atoms with E-state index in [0.717, 1.165) is 26.0 Å². The van der Waals surface area contributed by atoms with Gasteiger partial charge in [-0.05, 0) is 59.2 Å². The van der Waals surface area contributed by atoms with Gasteiger partial charge in [-0.2, -0.15) is 0 Å². The first kappa shape index (κ1) is 15.3. The molecule has 2 aromatic rings. The highest BCUT2D eigenvalue weighted by Crippen LogP contribution is 2.39. The van der Waals surface area contributed by atoms with Gasteiger partial charge in [-0.15, -0.1) is 11.3 Å². The second-order valence-electron chi connectivity index (χ2n) is 4.24. The summed E-state index contributed by atoms with van der Waals surface area (Å²) in [7, 11) is 0. The van der Waals surface area contributed by atoms with Crippen LogP contribution in [0.3, 0.4) is 0 Å². The SMILES string of the molecule is CCOC(=O)c1sc(-c2cccc(I)c2)c(CC)c1N. The maximum atomic E-state index is 12.0. The van der Waals surface area contributed by atoms with Crippen LogP contribution in [-0.4, -0.2) is 12.6 Å². The Morgan fingerprint density at radius 3 is 2.75 bits per heavy atom. The molecule has 0 saturated heterocycles. The molecule has 0 amide bonds. The molecule has 3 nitrogen and oxygen atoms in total. The lowest BCUT2D eigenvalue weighted by molar-refractivity contribution is 0.0533. The molecule has 0 aliphatic rings. The highest BCUT2D eigenvalue weighted by Gasteiger charge is 2.21. The molecular weight excluding hydrogens is 385 g/mol. The number of nitrogens with two attached hydrogens (primary N) is 1. The lowest BCUT2D eigenvalue weighted by Crippen LogP contribution is -2.05. The summed E-state index contributed by atoms with van der Waals surface area (Å²) in [6, 6.07) is 8.19. The topological polar surface area (TPSA) is 52.3 Å². The van der Waals surface area contributed by atoms with E-state index < -0.39 is 0 Å². The molecule has 0 radical (unpaired) electrons. The minimum absolute atomic E-state index is 0.332. The average molecular weight is 401 g/mol. The molecule has 0 aliphatic heterocycles. The Balaban J connectivity index is 2.54. The van der Waals surface area contributed by atoms with Crippen LogP contribution in [0.15, 0.2) is 24.3 Å². The molecule has 0 saturated carbocycles. The Morgan fingerprint density at radius 1 is 1.40 bits per heavy atom. The van der Waals surface area contributed by atoms with E-state index in [4.69, 9.17) is 10.5 Å². The van der Waals surface area contributed by atoms with Gasteiger partial charge < -0.3 is 10.5 Å². The van der Waals surface area contributed by atoms with Crippen molar-refractivity contribution < 1.29 is 9.53 Å². The van der Waals surface area contributed by atoms with Crippen LogP contribution in [0.1, 0.15) is 29.1 Å². The number of nitrogen functional groups attached to an aromatic ring is 1. The molecule has 0 aliphatic carbocycles. The molecule has 20 heavy (non-hydrogen) atoms. The monoisotopic (exact) mass is 401 g/mol. The van der Waals surface area contributed by atoms with Crippen LogP contribution in [0.25, 0.3) is 10.4 Å². The summed E-state index contributed by atoms with van der Waals surface area (Å²) < 4.78 is 6.23. The first-order chi connectivity index (χ1) is 9.58. The van der Waals surface area contributed by atoms with E-state index in [-0.39, 0.29) is 5.97 Å². The summed E-state index contributed by atoms with van der Waals surface area (Å²) >= 11 is 3.70. The van der Waals surface area contributed by atoms with E-state index in [1.165, 1.54) is 11.3 Å². The van der Waals surface area contributed by atoms with Crippen molar-refractivity contribution in [2.75, 3.05) is 12.3 Å². The zero-order valence-electron chi connectivity index (χ0n) is 11.4. The van der Waals surface area contributed by atoms with Crippen molar-refractivity contribution in [3.8, 4) is 10.4 Å². The summed E-state index contributed by atoms with van der Waals surface area (Å²) in [5, 5.41) is 0. The lowest BCUT2D eigenvalue weighted by atomic mass is 10.1. The van der Waals surface area contributed by atoms with Gasteiger partial charge in [0, 0.05) is 8.45 Å². The third-order valence-corrected chi connectivity index (χ3v) is 4.90. The van der Waals surface area contributed by atoms with Crippen molar-refractivity contribution in [2.45, 2.75) is 20.3 Å². The maximum absolute atomic E-state index is 12.0. The Bertz CT molecular complexity index is 637. The molecule has 5 heteroatoms. The third kappa shape index (κ3) is 2.98. The highest BCUT2D eigenvalue weighted by atomic mass is 127. The molecule has 1 aromatic carbocycles. The normalized spacial score (nSPS) is 10.6. The zero-order valence-corrected chi connectivity index (χ0v) is 14.4. The molecular formula is C15H16INO2S. The Labute approximate surface area is 136 Å². The van der Waals surface area contributed by atoms with Gasteiger partial charge in [-0.3, -0.25) is 0 Å². The predicted molar refractivity (Wildman–Crippen MR) is 92.2 cm³/mol. The summed E-state index contributed by atoms with van der Waals surface area (Å²) in [4.78, 5) is 13.5. The number of thiophene rings is 1. The van der Waals surface area contributed by atoms with Gasteiger partial charge in [0.2, 0.25) is 0 Å². The standard InChI is InChI=1S/C15H16INO2S/c1-3-11-12(17)14(15(18)19-4-2)20-13(11)9-6-5-7-10(16)8-9/h5-8H,3-4,17H2,1-2H3. The molecule has 0 bridgehead atoms. The lowest BCUT2D eigenvalue weighted by Gasteiger charge is -2.03. The molecule has 0 spiro atoms. The second-order valence-corrected chi connectivity index (χ2v) is 6.50. The van der Waals surface area contributed by atoms with Gasteiger partial charge in [0.05, 0.1) is 12.3 Å². The number of hydrogen-bond donors (Lipinski definition) is 1. The number of esters is 1. The number of rotatable bonds is 4. The van der Waals surface area contributed by atoms with E-state index in [0.29, 0.717) is 17.2 Å².